The van der Waals surface area contributed by atoms with Crippen molar-refractivity contribution in [2.45, 2.75) is 78.1 Å². The number of hydrogen-bond donors (Lipinski definition) is 0. The highest BCUT2D eigenvalue weighted by atomic mass is 16.3. The maximum Gasteiger partial charge on any atom is 0.209 e. The van der Waals surface area contributed by atoms with E-state index in [-0.39, 0.29) is 33.5 Å². The number of carbonyl (C=O) groups excluding carboxylic acids is 1. The first-order valence-corrected chi connectivity index (χ1v) is 18.3. The van der Waals surface area contributed by atoms with Crippen LogP contribution in [-0.2, 0) is 15.6 Å². The summed E-state index contributed by atoms with van der Waals surface area (Å²) < 4.78 is 2.34. The first-order chi connectivity index (χ1) is 24.1. The molecule has 4 heteroatoms. The summed E-state index contributed by atoms with van der Waals surface area (Å²) in [6.45, 7) is 14.9. The molecule has 0 radical (unpaired) electrons. The van der Waals surface area contributed by atoms with Gasteiger partial charge >= 0.3 is 0 Å². The van der Waals surface area contributed by atoms with Gasteiger partial charge in [0.1, 0.15) is 6.54 Å². The van der Waals surface area contributed by atoms with Crippen molar-refractivity contribution in [3.05, 3.63) is 143 Å². The van der Waals surface area contributed by atoms with E-state index in [2.05, 4.69) is 136 Å². The molecule has 50 heavy (non-hydrogen) atoms. The summed E-state index contributed by atoms with van der Waals surface area (Å²) >= 11 is 0. The average molecular weight is 661 g/mol. The molecule has 4 aromatic carbocycles. The summed E-state index contributed by atoms with van der Waals surface area (Å²) in [6, 6.07) is 34.3. The zero-order chi connectivity index (χ0) is 35.2. The van der Waals surface area contributed by atoms with Gasteiger partial charge in [0.05, 0.1) is 5.41 Å². The molecular weight excluding hydrogens is 613 g/mol. The fourth-order valence-corrected chi connectivity index (χ4v) is 7.98. The van der Waals surface area contributed by atoms with Gasteiger partial charge in [0, 0.05) is 58.6 Å². The van der Waals surface area contributed by atoms with Gasteiger partial charge in [-0.3, -0.25) is 4.79 Å². The Morgan fingerprint density at radius 3 is 1.90 bits per heavy atom. The van der Waals surface area contributed by atoms with Gasteiger partial charge in [-0.25, -0.2) is 0 Å². The molecule has 0 atom stereocenters. The van der Waals surface area contributed by atoms with E-state index >= 15 is 0 Å². The van der Waals surface area contributed by atoms with Gasteiger partial charge in [-0.05, 0) is 78.4 Å². The highest BCUT2D eigenvalue weighted by Gasteiger charge is 2.46. The van der Waals surface area contributed by atoms with E-state index < -0.39 is 0 Å². The van der Waals surface area contributed by atoms with Gasteiger partial charge < -0.3 is 10.0 Å². The third-order valence-corrected chi connectivity index (χ3v) is 11.0. The zero-order valence-electron chi connectivity index (χ0n) is 30.3. The summed E-state index contributed by atoms with van der Waals surface area (Å²) in [5.74, 6) is -0.316. The third kappa shape index (κ3) is 5.55. The van der Waals surface area contributed by atoms with Crippen LogP contribution in [0, 0.1) is 0 Å². The van der Waals surface area contributed by atoms with E-state index in [0.717, 1.165) is 61.6 Å². The van der Waals surface area contributed by atoms with Crippen molar-refractivity contribution in [1.29, 1.82) is 0 Å². The van der Waals surface area contributed by atoms with Crippen molar-refractivity contribution in [2.75, 3.05) is 18.0 Å². The van der Waals surface area contributed by atoms with Crippen molar-refractivity contribution < 1.29 is 14.5 Å². The predicted octanol–water partition coefficient (Wildman–Crippen LogP) is 9.80. The van der Waals surface area contributed by atoms with Crippen molar-refractivity contribution in [1.82, 2.24) is 0 Å². The minimum absolute atomic E-state index is 0.158. The minimum Gasteiger partial charge on any atom is -0.871 e. The molecule has 0 fully saturated rings. The molecule has 1 aliphatic carbocycles. The van der Waals surface area contributed by atoms with Crippen molar-refractivity contribution in [3.63, 3.8) is 0 Å². The van der Waals surface area contributed by atoms with Gasteiger partial charge in [-0.15, -0.1) is 0 Å². The van der Waals surface area contributed by atoms with Gasteiger partial charge in [0.15, 0.2) is 11.5 Å². The van der Waals surface area contributed by atoms with Crippen LogP contribution in [0.2, 0.25) is 0 Å². The summed E-state index contributed by atoms with van der Waals surface area (Å²) in [5.41, 5.74) is 11.3. The number of unbranched alkanes of at least 4 members (excludes halogenated alkanes) is 2. The standard InChI is InChI=1S/C46H48N2O2/c1-7-9-25-47-39-23-21-33(31-17-13-11-14-18-31)27-37(39)45(3,4)41(47)29-35-43(49)36(44(35)50)30-42-46(5,6)38-28-34(32-19-15-12-16-20-32)22-24-40(38)48(42)26-10-8-2/h11-24,27-30H,7-10,25-26H2,1-6H3. The van der Waals surface area contributed by atoms with Gasteiger partial charge in [-0.1, -0.05) is 113 Å². The molecule has 0 aromatic heterocycles. The highest BCUT2D eigenvalue weighted by molar-refractivity contribution is 6.24. The number of benzene rings is 4. The molecule has 4 aromatic rings. The molecule has 7 rings (SSSR count). The van der Waals surface area contributed by atoms with Gasteiger partial charge in [0.2, 0.25) is 5.69 Å². The Morgan fingerprint density at radius 1 is 0.700 bits per heavy atom. The Hall–Kier alpha value is -4.96. The largest absolute Gasteiger partial charge is 0.871 e. The molecule has 254 valence electrons. The van der Waals surface area contributed by atoms with Crippen LogP contribution >= 0.6 is 0 Å². The number of hydrogen-bond acceptors (Lipinski definition) is 3. The second-order valence-electron chi connectivity index (χ2n) is 15.0. The monoisotopic (exact) mass is 660 g/mol. The summed E-state index contributed by atoms with van der Waals surface area (Å²) in [6.07, 6.45) is 7.95. The number of fused-ring (bicyclic) bond motifs is 2. The van der Waals surface area contributed by atoms with Crippen LogP contribution in [0.15, 0.2) is 132 Å². The summed E-state index contributed by atoms with van der Waals surface area (Å²) in [4.78, 5) is 16.4. The molecule has 2 heterocycles. The molecule has 0 unspecified atom stereocenters. The lowest BCUT2D eigenvalue weighted by molar-refractivity contribution is -0.438. The third-order valence-electron chi connectivity index (χ3n) is 11.0. The van der Waals surface area contributed by atoms with Crippen LogP contribution in [0.1, 0.15) is 78.4 Å². The molecule has 0 saturated heterocycles. The number of nitrogens with zero attached hydrogens (tertiary/aromatic N) is 2. The van der Waals surface area contributed by atoms with E-state index in [9.17, 15) is 9.90 Å². The zero-order valence-corrected chi connectivity index (χ0v) is 30.3. The molecule has 0 bridgehead atoms. The lowest BCUT2D eigenvalue weighted by atomic mass is 9.77. The van der Waals surface area contributed by atoms with Crippen LogP contribution in [0.3, 0.4) is 0 Å². The van der Waals surface area contributed by atoms with E-state index in [0.29, 0.717) is 0 Å². The highest BCUT2D eigenvalue weighted by Crippen LogP contribution is 2.50. The second-order valence-corrected chi connectivity index (χ2v) is 15.0. The Labute approximate surface area is 297 Å². The van der Waals surface area contributed by atoms with E-state index in [1.165, 1.54) is 33.4 Å². The molecule has 3 aliphatic rings. The van der Waals surface area contributed by atoms with E-state index in [4.69, 9.17) is 0 Å². The number of ketones is 1. The molecular formula is C46H48N2O2. The van der Waals surface area contributed by atoms with Gasteiger partial charge in [-0.2, -0.15) is 4.58 Å². The maximum atomic E-state index is 14.0. The normalized spacial score (nSPS) is 19.0. The predicted molar refractivity (Wildman–Crippen MR) is 205 cm³/mol. The Morgan fingerprint density at radius 2 is 1.30 bits per heavy atom. The van der Waals surface area contributed by atoms with Crippen LogP contribution in [-0.4, -0.2) is 29.2 Å². The quantitative estimate of drug-likeness (QED) is 0.126. The van der Waals surface area contributed by atoms with Gasteiger partial charge in [0.25, 0.3) is 0 Å². The van der Waals surface area contributed by atoms with Crippen molar-refractivity contribution >= 4 is 22.9 Å². The van der Waals surface area contributed by atoms with E-state index in [1.54, 1.807) is 0 Å². The second kappa shape index (κ2) is 13.1. The molecule has 0 N–H and O–H groups in total. The topological polar surface area (TPSA) is 46.4 Å². The van der Waals surface area contributed by atoms with Crippen molar-refractivity contribution in [2.24, 2.45) is 0 Å². The Balaban J connectivity index is 1.27. The maximum absolute atomic E-state index is 14.0. The fraction of sp³-hybridized carbons (Fsp3) is 0.304. The van der Waals surface area contributed by atoms with Crippen LogP contribution in [0.4, 0.5) is 11.4 Å². The molecule has 0 saturated carbocycles. The lowest BCUT2D eigenvalue weighted by Gasteiger charge is -2.33. The molecule has 0 amide bonds. The molecule has 0 spiro atoms. The fourth-order valence-electron chi connectivity index (χ4n) is 7.98. The summed E-state index contributed by atoms with van der Waals surface area (Å²) in [5, 5.41) is 14.0. The van der Waals surface area contributed by atoms with Crippen LogP contribution in [0.25, 0.3) is 22.3 Å². The number of carbonyl (C=O) groups is 1. The molecule has 4 nitrogen and oxygen atoms in total. The molecule has 2 aliphatic heterocycles. The Kier molecular flexibility index (Phi) is 8.76. The number of Topliss-reactive ketones (excluding diaryl/α,β-unsaturated/α-hetero) is 1. The summed E-state index contributed by atoms with van der Waals surface area (Å²) in [7, 11) is 0. The minimum atomic E-state index is -0.377. The van der Waals surface area contributed by atoms with Crippen LogP contribution in [0.5, 0.6) is 0 Å². The smallest absolute Gasteiger partial charge is 0.209 e. The number of rotatable bonds is 10. The average Bonchev–Trinajstić information content (AvgIpc) is 3.48. The van der Waals surface area contributed by atoms with Crippen LogP contribution < -0.4 is 10.0 Å². The number of anilines is 1. The van der Waals surface area contributed by atoms with Crippen molar-refractivity contribution in [3.8, 4) is 22.3 Å². The Bertz CT molecular complexity index is 2090. The SMILES string of the molecule is CCCCN1/C(=C/C2=C([O-])C(=C/C3=[N+](CCCC)c4ccc(-c5ccccc5)cc4C3(C)C)/C2=O)C(C)(C)c2cc(-c3ccccc3)ccc21. The number of allylic oxidation sites excluding steroid dienone is 5. The first-order valence-electron chi connectivity index (χ1n) is 18.3. The lowest BCUT2D eigenvalue weighted by Crippen LogP contribution is -2.35. The van der Waals surface area contributed by atoms with E-state index in [1.807, 2.05) is 24.3 Å². The first kappa shape index (κ1) is 33.5.